The van der Waals surface area contributed by atoms with Gasteiger partial charge in [0.2, 0.25) is 0 Å². The van der Waals surface area contributed by atoms with Gasteiger partial charge in [0.15, 0.2) is 0 Å². The molecule has 1 atom stereocenters. The van der Waals surface area contributed by atoms with E-state index in [0.29, 0.717) is 11.1 Å². The number of hydrogen-bond donors (Lipinski definition) is 1. The summed E-state index contributed by atoms with van der Waals surface area (Å²) in [5, 5.41) is 3.97. The first kappa shape index (κ1) is 12.0. The highest BCUT2D eigenvalue weighted by Crippen LogP contribution is 2.46. The molecule has 0 radical (unpaired) electrons. The minimum absolute atomic E-state index is 0.456. The highest BCUT2D eigenvalue weighted by Gasteiger charge is 2.51. The van der Waals surface area contributed by atoms with Crippen molar-refractivity contribution < 1.29 is 0 Å². The predicted octanol–water partition coefficient (Wildman–Crippen LogP) is 2.78. The Hall–Kier alpha value is -0.0800. The first-order chi connectivity index (χ1) is 8.19. The monoisotopic (exact) mass is 236 g/mol. The molecule has 17 heavy (non-hydrogen) atoms. The van der Waals surface area contributed by atoms with E-state index in [1.165, 1.54) is 64.6 Å². The third kappa shape index (κ3) is 2.04. The lowest BCUT2D eigenvalue weighted by molar-refractivity contribution is -0.00802. The first-order valence-corrected chi connectivity index (χ1v) is 7.69. The number of likely N-dealkylation sites (N-methyl/N-ethyl adjacent to an activating group) is 1. The molecule has 1 spiro atoms. The molecular formula is C15H28N2. The minimum Gasteiger partial charge on any atom is -0.308 e. The lowest BCUT2D eigenvalue weighted by Gasteiger charge is -2.55. The van der Waals surface area contributed by atoms with Gasteiger partial charge in [0.25, 0.3) is 0 Å². The fraction of sp³-hybridized carbons (Fsp3) is 1.00. The van der Waals surface area contributed by atoms with E-state index < -0.39 is 0 Å². The Bertz CT molecular complexity index is 279. The zero-order valence-electron chi connectivity index (χ0n) is 11.6. The summed E-state index contributed by atoms with van der Waals surface area (Å²) in [6.07, 6.45) is 10.1. The Morgan fingerprint density at radius 2 is 1.88 bits per heavy atom. The van der Waals surface area contributed by atoms with Crippen LogP contribution in [0.4, 0.5) is 0 Å². The summed E-state index contributed by atoms with van der Waals surface area (Å²) in [7, 11) is 0. The SMILES string of the molecule is CCN1CC2(CCCCC2)NCC1(C)C1CC1. The third-order valence-electron chi connectivity index (χ3n) is 5.69. The first-order valence-electron chi connectivity index (χ1n) is 7.69. The van der Waals surface area contributed by atoms with Gasteiger partial charge in [0.1, 0.15) is 0 Å². The summed E-state index contributed by atoms with van der Waals surface area (Å²) in [6, 6.07) is 0. The van der Waals surface area contributed by atoms with Crippen molar-refractivity contribution in [3.05, 3.63) is 0 Å². The molecule has 1 aliphatic heterocycles. The second-order valence-electron chi connectivity index (χ2n) is 6.84. The van der Waals surface area contributed by atoms with Crippen molar-refractivity contribution in [2.75, 3.05) is 19.6 Å². The van der Waals surface area contributed by atoms with Crippen LogP contribution >= 0.6 is 0 Å². The molecule has 2 heteroatoms. The summed E-state index contributed by atoms with van der Waals surface area (Å²) in [5.41, 5.74) is 0.931. The standard InChI is InChI=1S/C15H28N2/c1-3-17-12-15(9-5-4-6-10-15)16-11-14(17,2)13-7-8-13/h13,16H,3-12H2,1-2H3. The van der Waals surface area contributed by atoms with Crippen LogP contribution in [0.15, 0.2) is 0 Å². The molecule has 3 fully saturated rings. The molecular weight excluding hydrogens is 208 g/mol. The average Bonchev–Trinajstić information content (AvgIpc) is 3.18. The van der Waals surface area contributed by atoms with Gasteiger partial charge in [-0.2, -0.15) is 0 Å². The van der Waals surface area contributed by atoms with E-state index in [4.69, 9.17) is 0 Å². The van der Waals surface area contributed by atoms with Crippen LogP contribution in [0.3, 0.4) is 0 Å². The smallest absolute Gasteiger partial charge is 0.0334 e. The maximum absolute atomic E-state index is 3.97. The van der Waals surface area contributed by atoms with Crippen molar-refractivity contribution in [1.82, 2.24) is 10.2 Å². The van der Waals surface area contributed by atoms with Crippen LogP contribution in [0, 0.1) is 5.92 Å². The summed E-state index contributed by atoms with van der Waals surface area (Å²) >= 11 is 0. The zero-order valence-corrected chi connectivity index (χ0v) is 11.6. The average molecular weight is 236 g/mol. The van der Waals surface area contributed by atoms with E-state index in [1.807, 2.05) is 0 Å². The van der Waals surface area contributed by atoms with Crippen LogP contribution in [-0.4, -0.2) is 35.6 Å². The molecule has 0 aromatic heterocycles. The normalized spacial score (nSPS) is 38.5. The zero-order chi connectivity index (χ0) is 11.9. The fourth-order valence-electron chi connectivity index (χ4n) is 4.22. The molecule has 0 bridgehead atoms. The molecule has 1 saturated heterocycles. The predicted molar refractivity (Wildman–Crippen MR) is 72.2 cm³/mol. The van der Waals surface area contributed by atoms with Crippen LogP contribution in [0.5, 0.6) is 0 Å². The molecule has 0 amide bonds. The molecule has 1 N–H and O–H groups in total. The van der Waals surface area contributed by atoms with Crippen LogP contribution in [0.2, 0.25) is 0 Å². The third-order valence-corrected chi connectivity index (χ3v) is 5.69. The van der Waals surface area contributed by atoms with Crippen molar-refractivity contribution in [3.63, 3.8) is 0 Å². The van der Waals surface area contributed by atoms with Gasteiger partial charge >= 0.3 is 0 Å². The number of hydrogen-bond acceptors (Lipinski definition) is 2. The summed E-state index contributed by atoms with van der Waals surface area (Å²) in [6.45, 7) is 8.61. The molecule has 0 aromatic rings. The van der Waals surface area contributed by atoms with E-state index in [1.54, 1.807) is 0 Å². The van der Waals surface area contributed by atoms with Crippen molar-refractivity contribution >= 4 is 0 Å². The number of nitrogens with zero attached hydrogens (tertiary/aromatic N) is 1. The van der Waals surface area contributed by atoms with E-state index in [2.05, 4.69) is 24.1 Å². The molecule has 2 nitrogen and oxygen atoms in total. The highest BCUT2D eigenvalue weighted by atomic mass is 15.3. The molecule has 0 aromatic carbocycles. The van der Waals surface area contributed by atoms with Gasteiger partial charge in [-0.25, -0.2) is 0 Å². The van der Waals surface area contributed by atoms with Crippen molar-refractivity contribution in [2.45, 2.75) is 69.9 Å². The molecule has 98 valence electrons. The van der Waals surface area contributed by atoms with Crippen LogP contribution in [-0.2, 0) is 0 Å². The molecule has 3 aliphatic rings. The Morgan fingerprint density at radius 1 is 1.18 bits per heavy atom. The van der Waals surface area contributed by atoms with Gasteiger partial charge in [-0.15, -0.1) is 0 Å². The number of piperazine rings is 1. The largest absolute Gasteiger partial charge is 0.308 e. The molecule has 1 unspecified atom stereocenters. The maximum atomic E-state index is 3.97. The van der Waals surface area contributed by atoms with Crippen LogP contribution < -0.4 is 5.32 Å². The van der Waals surface area contributed by atoms with Gasteiger partial charge in [-0.1, -0.05) is 26.2 Å². The van der Waals surface area contributed by atoms with Gasteiger partial charge in [0, 0.05) is 24.2 Å². The summed E-state index contributed by atoms with van der Waals surface area (Å²) in [4.78, 5) is 2.80. The van der Waals surface area contributed by atoms with Crippen molar-refractivity contribution in [3.8, 4) is 0 Å². The second-order valence-corrected chi connectivity index (χ2v) is 6.84. The van der Waals surface area contributed by atoms with Gasteiger partial charge in [-0.05, 0) is 45.1 Å². The highest BCUT2D eigenvalue weighted by molar-refractivity contribution is 5.09. The lowest BCUT2D eigenvalue weighted by Crippen LogP contribution is -2.70. The minimum atomic E-state index is 0.456. The van der Waals surface area contributed by atoms with E-state index in [-0.39, 0.29) is 0 Å². The molecule has 3 rings (SSSR count). The van der Waals surface area contributed by atoms with Crippen molar-refractivity contribution in [1.29, 1.82) is 0 Å². The topological polar surface area (TPSA) is 15.3 Å². The van der Waals surface area contributed by atoms with E-state index in [9.17, 15) is 0 Å². The van der Waals surface area contributed by atoms with E-state index in [0.717, 1.165) is 5.92 Å². The Kier molecular flexibility index (Phi) is 2.99. The van der Waals surface area contributed by atoms with Gasteiger partial charge in [0.05, 0.1) is 0 Å². The van der Waals surface area contributed by atoms with Crippen molar-refractivity contribution in [2.24, 2.45) is 5.92 Å². The molecule has 2 aliphatic carbocycles. The second kappa shape index (κ2) is 4.24. The summed E-state index contributed by atoms with van der Waals surface area (Å²) < 4.78 is 0. The number of rotatable bonds is 2. The maximum Gasteiger partial charge on any atom is 0.0334 e. The summed E-state index contributed by atoms with van der Waals surface area (Å²) in [5.74, 6) is 0.968. The lowest BCUT2D eigenvalue weighted by atomic mass is 9.76. The fourth-order valence-corrected chi connectivity index (χ4v) is 4.22. The van der Waals surface area contributed by atoms with Gasteiger partial charge < -0.3 is 5.32 Å². The van der Waals surface area contributed by atoms with Gasteiger partial charge in [-0.3, -0.25) is 4.90 Å². The molecule has 2 saturated carbocycles. The Balaban J connectivity index is 1.74. The van der Waals surface area contributed by atoms with Crippen LogP contribution in [0.1, 0.15) is 58.8 Å². The Labute approximate surface area is 106 Å². The van der Waals surface area contributed by atoms with Crippen LogP contribution in [0.25, 0.3) is 0 Å². The number of nitrogens with one attached hydrogen (secondary N) is 1. The Morgan fingerprint density at radius 3 is 2.47 bits per heavy atom. The molecule has 1 heterocycles. The van der Waals surface area contributed by atoms with E-state index >= 15 is 0 Å². The quantitative estimate of drug-likeness (QED) is 0.793.